The van der Waals surface area contributed by atoms with Crippen LogP contribution >= 0.6 is 0 Å². The minimum absolute atomic E-state index is 0.0393. The van der Waals surface area contributed by atoms with Crippen LogP contribution in [0.25, 0.3) is 0 Å². The first-order valence-corrected chi connectivity index (χ1v) is 7.08. The van der Waals surface area contributed by atoms with E-state index < -0.39 is 12.0 Å². The van der Waals surface area contributed by atoms with Crippen LogP contribution in [0.2, 0.25) is 0 Å². The van der Waals surface area contributed by atoms with Gasteiger partial charge in [0.25, 0.3) is 0 Å². The number of hydrogen-bond donors (Lipinski definition) is 2. The predicted molar refractivity (Wildman–Crippen MR) is 69.6 cm³/mol. The van der Waals surface area contributed by atoms with Crippen LogP contribution in [-0.2, 0) is 14.3 Å². The highest BCUT2D eigenvalue weighted by molar-refractivity contribution is 5.85. The molecule has 108 valence electrons. The topological polar surface area (TPSA) is 75.6 Å². The molecular weight excluding hydrogens is 246 g/mol. The number of aliphatic carboxylic acids is 1. The van der Waals surface area contributed by atoms with Crippen molar-refractivity contribution < 1.29 is 19.4 Å². The molecule has 1 aliphatic carbocycles. The zero-order chi connectivity index (χ0) is 14.2. The summed E-state index contributed by atoms with van der Waals surface area (Å²) in [5.41, 5.74) is 0. The van der Waals surface area contributed by atoms with Crippen molar-refractivity contribution >= 4 is 11.9 Å². The van der Waals surface area contributed by atoms with Gasteiger partial charge in [0.15, 0.2) is 0 Å². The van der Waals surface area contributed by atoms with E-state index in [0.717, 1.165) is 12.8 Å². The van der Waals surface area contributed by atoms with E-state index in [2.05, 4.69) is 5.32 Å². The van der Waals surface area contributed by atoms with E-state index in [1.165, 1.54) is 0 Å². The molecule has 1 saturated heterocycles. The number of nitrogens with one attached hydrogen (secondary N) is 1. The largest absolute Gasteiger partial charge is 0.480 e. The molecule has 5 nitrogen and oxygen atoms in total. The van der Waals surface area contributed by atoms with Crippen molar-refractivity contribution in [1.29, 1.82) is 0 Å². The fourth-order valence-electron chi connectivity index (χ4n) is 2.89. The molecule has 2 fully saturated rings. The Morgan fingerprint density at radius 1 is 1.26 bits per heavy atom. The Morgan fingerprint density at radius 2 is 1.89 bits per heavy atom. The van der Waals surface area contributed by atoms with Crippen LogP contribution in [0.1, 0.15) is 40.0 Å². The molecule has 5 atom stereocenters. The summed E-state index contributed by atoms with van der Waals surface area (Å²) < 4.78 is 5.63. The van der Waals surface area contributed by atoms with Crippen LogP contribution < -0.4 is 5.32 Å². The molecule has 1 heterocycles. The van der Waals surface area contributed by atoms with E-state index in [1.807, 2.05) is 20.8 Å². The fourth-order valence-corrected chi connectivity index (χ4v) is 2.89. The van der Waals surface area contributed by atoms with Crippen molar-refractivity contribution in [1.82, 2.24) is 5.32 Å². The second-order valence-electron chi connectivity index (χ2n) is 6.01. The highest BCUT2D eigenvalue weighted by Crippen LogP contribution is 2.35. The molecule has 2 rings (SSSR count). The molecule has 5 unspecified atom stereocenters. The summed E-state index contributed by atoms with van der Waals surface area (Å²) in [7, 11) is 0. The molecule has 0 bridgehead atoms. The van der Waals surface area contributed by atoms with Gasteiger partial charge in [0.1, 0.15) is 6.04 Å². The average molecular weight is 269 g/mol. The maximum atomic E-state index is 12.3. The monoisotopic (exact) mass is 269 g/mol. The van der Waals surface area contributed by atoms with Crippen LogP contribution in [0, 0.1) is 17.8 Å². The van der Waals surface area contributed by atoms with Crippen LogP contribution in [-0.4, -0.2) is 35.2 Å². The number of carboxylic acid groups (broad SMARTS) is 1. The molecule has 0 spiro atoms. The Kier molecular flexibility index (Phi) is 4.13. The normalized spacial score (nSPS) is 35.9. The third-order valence-corrected chi connectivity index (χ3v) is 4.43. The molecule has 1 saturated carbocycles. The van der Waals surface area contributed by atoms with Crippen molar-refractivity contribution in [3.05, 3.63) is 0 Å². The molecule has 2 N–H and O–H groups in total. The number of hydrogen-bond acceptors (Lipinski definition) is 3. The lowest BCUT2D eigenvalue weighted by Crippen LogP contribution is -2.46. The first-order valence-electron chi connectivity index (χ1n) is 7.08. The molecule has 1 amide bonds. The van der Waals surface area contributed by atoms with E-state index in [9.17, 15) is 14.7 Å². The van der Waals surface area contributed by atoms with Gasteiger partial charge >= 0.3 is 5.97 Å². The van der Waals surface area contributed by atoms with Gasteiger partial charge in [-0.15, -0.1) is 0 Å². The molecule has 0 aromatic carbocycles. The standard InChI is InChI=1S/C14H23NO4/c1-7-8(2)19-9(3)12(7)13(16)15-11(14(17)18)6-10-4-5-10/h7-12H,4-6H2,1-3H3,(H,15,16)(H,17,18). The lowest BCUT2D eigenvalue weighted by atomic mass is 9.88. The number of carbonyl (C=O) groups excluding carboxylic acids is 1. The van der Waals surface area contributed by atoms with Crippen LogP contribution in [0.5, 0.6) is 0 Å². The number of carboxylic acids is 1. The Morgan fingerprint density at radius 3 is 2.32 bits per heavy atom. The first kappa shape index (κ1) is 14.3. The molecule has 19 heavy (non-hydrogen) atoms. The van der Waals surface area contributed by atoms with Crippen molar-refractivity contribution in [2.24, 2.45) is 17.8 Å². The quantitative estimate of drug-likeness (QED) is 0.791. The third-order valence-electron chi connectivity index (χ3n) is 4.43. The van der Waals surface area contributed by atoms with Gasteiger partial charge in [0.05, 0.1) is 18.1 Å². The molecule has 5 heteroatoms. The lowest BCUT2D eigenvalue weighted by molar-refractivity contribution is -0.143. The Hall–Kier alpha value is -1.10. The van der Waals surface area contributed by atoms with E-state index in [1.54, 1.807) is 0 Å². The summed E-state index contributed by atoms with van der Waals surface area (Å²) in [6.07, 6.45) is 2.59. The summed E-state index contributed by atoms with van der Waals surface area (Å²) in [4.78, 5) is 23.5. The lowest BCUT2D eigenvalue weighted by Gasteiger charge is -2.21. The van der Waals surface area contributed by atoms with Gasteiger partial charge in [-0.05, 0) is 32.1 Å². The minimum Gasteiger partial charge on any atom is -0.480 e. The first-order chi connectivity index (χ1) is 8.90. The van der Waals surface area contributed by atoms with Crippen molar-refractivity contribution in [2.45, 2.75) is 58.3 Å². The van der Waals surface area contributed by atoms with Gasteiger partial charge in [-0.3, -0.25) is 4.79 Å². The summed E-state index contributed by atoms with van der Waals surface area (Å²) in [6, 6.07) is -0.754. The average Bonchev–Trinajstić information content (AvgIpc) is 3.07. The highest BCUT2D eigenvalue weighted by atomic mass is 16.5. The summed E-state index contributed by atoms with van der Waals surface area (Å²) in [5.74, 6) is -0.790. The molecule has 0 aromatic heterocycles. The third kappa shape index (κ3) is 3.26. The zero-order valence-corrected chi connectivity index (χ0v) is 11.8. The molecule has 2 aliphatic rings. The van der Waals surface area contributed by atoms with E-state index in [4.69, 9.17) is 4.74 Å². The highest BCUT2D eigenvalue weighted by Gasteiger charge is 2.42. The van der Waals surface area contributed by atoms with Gasteiger partial charge in [0.2, 0.25) is 5.91 Å². The van der Waals surface area contributed by atoms with Crippen molar-refractivity contribution in [2.75, 3.05) is 0 Å². The van der Waals surface area contributed by atoms with Gasteiger partial charge in [-0.25, -0.2) is 4.79 Å². The van der Waals surface area contributed by atoms with E-state index in [-0.39, 0.29) is 30.0 Å². The second kappa shape index (κ2) is 5.49. The Labute approximate surface area is 113 Å². The van der Waals surface area contributed by atoms with Crippen LogP contribution in [0.15, 0.2) is 0 Å². The molecule has 1 aliphatic heterocycles. The van der Waals surface area contributed by atoms with Crippen molar-refractivity contribution in [3.63, 3.8) is 0 Å². The van der Waals surface area contributed by atoms with E-state index in [0.29, 0.717) is 12.3 Å². The number of amides is 1. The maximum absolute atomic E-state index is 12.3. The predicted octanol–water partition coefficient (Wildman–Crippen LogP) is 1.42. The Bertz CT molecular complexity index is 366. The Balaban J connectivity index is 1.96. The van der Waals surface area contributed by atoms with Gasteiger partial charge < -0.3 is 15.2 Å². The van der Waals surface area contributed by atoms with Gasteiger partial charge in [-0.1, -0.05) is 19.8 Å². The van der Waals surface area contributed by atoms with Crippen LogP contribution in [0.4, 0.5) is 0 Å². The summed E-state index contributed by atoms with van der Waals surface area (Å²) in [5, 5.41) is 11.9. The maximum Gasteiger partial charge on any atom is 0.326 e. The summed E-state index contributed by atoms with van der Waals surface area (Å²) >= 11 is 0. The van der Waals surface area contributed by atoms with E-state index >= 15 is 0 Å². The number of carbonyl (C=O) groups is 2. The number of ether oxygens (including phenoxy) is 1. The summed E-state index contributed by atoms with van der Waals surface area (Å²) in [6.45, 7) is 5.81. The molecule has 0 radical (unpaired) electrons. The molecule has 0 aromatic rings. The smallest absolute Gasteiger partial charge is 0.326 e. The molecular formula is C14H23NO4. The van der Waals surface area contributed by atoms with Crippen LogP contribution in [0.3, 0.4) is 0 Å². The van der Waals surface area contributed by atoms with Gasteiger partial charge in [0, 0.05) is 0 Å². The van der Waals surface area contributed by atoms with Gasteiger partial charge in [-0.2, -0.15) is 0 Å². The van der Waals surface area contributed by atoms with Crippen molar-refractivity contribution in [3.8, 4) is 0 Å². The zero-order valence-electron chi connectivity index (χ0n) is 11.8. The minimum atomic E-state index is -0.937. The SMILES string of the molecule is CC1OC(C)C(C(=O)NC(CC2CC2)C(=O)O)C1C. The second-order valence-corrected chi connectivity index (χ2v) is 6.01. The number of rotatable bonds is 5. The fraction of sp³-hybridized carbons (Fsp3) is 0.857.